The summed E-state index contributed by atoms with van der Waals surface area (Å²) < 4.78 is 81.1. The van der Waals surface area contributed by atoms with Gasteiger partial charge in [-0.25, -0.2) is 12.8 Å². The van der Waals surface area contributed by atoms with Crippen molar-refractivity contribution < 1.29 is 26.0 Å². The molecule has 162 valence electrons. The molecular weight excluding hydrogens is 434 g/mol. The Balaban J connectivity index is 1.63. The van der Waals surface area contributed by atoms with Crippen molar-refractivity contribution in [3.8, 4) is 0 Å². The summed E-state index contributed by atoms with van der Waals surface area (Å²) in [6.45, 7) is 0. The summed E-state index contributed by atoms with van der Waals surface area (Å²) in [6, 6.07) is 7.74. The van der Waals surface area contributed by atoms with Gasteiger partial charge in [0.05, 0.1) is 34.4 Å². The number of rotatable bonds is 4. The fourth-order valence-electron chi connectivity index (χ4n) is 4.24. The van der Waals surface area contributed by atoms with E-state index in [0.717, 1.165) is 42.7 Å². The number of nitrogens with one attached hydrogen (secondary N) is 1. The van der Waals surface area contributed by atoms with Crippen LogP contribution in [0.25, 0.3) is 0 Å². The van der Waals surface area contributed by atoms with E-state index in [9.17, 15) is 26.0 Å². The van der Waals surface area contributed by atoms with Gasteiger partial charge < -0.3 is 0 Å². The van der Waals surface area contributed by atoms with Crippen LogP contribution in [0.15, 0.2) is 59.6 Å². The van der Waals surface area contributed by atoms with Gasteiger partial charge in [-0.05, 0) is 60.7 Å². The van der Waals surface area contributed by atoms with E-state index < -0.39 is 39.7 Å². The molecule has 10 heteroatoms. The van der Waals surface area contributed by atoms with Crippen molar-refractivity contribution in [2.24, 2.45) is 5.92 Å². The zero-order valence-corrected chi connectivity index (χ0v) is 16.8. The maximum absolute atomic E-state index is 13.7. The first-order valence-electron chi connectivity index (χ1n) is 9.67. The van der Waals surface area contributed by atoms with Crippen molar-refractivity contribution in [3.05, 3.63) is 82.9 Å². The summed E-state index contributed by atoms with van der Waals surface area (Å²) in [5.41, 5.74) is 0.966. The molecule has 2 aromatic carbocycles. The van der Waals surface area contributed by atoms with Gasteiger partial charge in [0.15, 0.2) is 0 Å². The molecule has 2 atom stereocenters. The molecule has 1 saturated carbocycles. The van der Waals surface area contributed by atoms with Crippen molar-refractivity contribution in [2.45, 2.75) is 36.0 Å². The third-order valence-corrected chi connectivity index (χ3v) is 7.69. The minimum Gasteiger partial charge on any atom is -0.280 e. The molecule has 0 amide bonds. The molecule has 3 aromatic rings. The van der Waals surface area contributed by atoms with Crippen LogP contribution in [0.2, 0.25) is 0 Å². The van der Waals surface area contributed by atoms with Crippen molar-refractivity contribution >= 4 is 10.0 Å². The van der Waals surface area contributed by atoms with Gasteiger partial charge in [-0.1, -0.05) is 12.1 Å². The Bertz CT molecular complexity index is 1220. The van der Waals surface area contributed by atoms with Crippen molar-refractivity contribution in [2.75, 3.05) is 0 Å². The average molecular weight is 451 g/mol. The molecule has 1 N–H and O–H groups in total. The number of alkyl halides is 3. The lowest BCUT2D eigenvalue weighted by Gasteiger charge is -2.30. The summed E-state index contributed by atoms with van der Waals surface area (Å²) >= 11 is 0. The molecule has 1 fully saturated rings. The van der Waals surface area contributed by atoms with Crippen molar-refractivity contribution in [1.82, 2.24) is 14.5 Å². The largest absolute Gasteiger partial charge is 0.416 e. The predicted molar refractivity (Wildman–Crippen MR) is 103 cm³/mol. The molecule has 1 aliphatic heterocycles. The van der Waals surface area contributed by atoms with Crippen LogP contribution in [0.5, 0.6) is 0 Å². The van der Waals surface area contributed by atoms with Crippen LogP contribution in [0.3, 0.4) is 0 Å². The van der Waals surface area contributed by atoms with E-state index in [-0.39, 0.29) is 10.8 Å². The van der Waals surface area contributed by atoms with E-state index in [1.54, 1.807) is 6.20 Å². The van der Waals surface area contributed by atoms with E-state index in [2.05, 4.69) is 10.2 Å². The van der Waals surface area contributed by atoms with Gasteiger partial charge in [0, 0.05) is 5.56 Å². The van der Waals surface area contributed by atoms with Gasteiger partial charge in [0.2, 0.25) is 10.0 Å². The quantitative estimate of drug-likeness (QED) is 0.579. The second-order valence-electron chi connectivity index (χ2n) is 7.83. The summed E-state index contributed by atoms with van der Waals surface area (Å²) in [7, 11) is -4.18. The normalized spacial score (nSPS) is 21.9. The SMILES string of the molecule is O=S(=O)(c1ccc(C(F)(F)F)cc1)N1C(c2ccc(F)cc2)c2[nH]ncc2C1C1CC1. The lowest BCUT2D eigenvalue weighted by molar-refractivity contribution is -0.137. The second-order valence-corrected chi connectivity index (χ2v) is 9.68. The number of aromatic nitrogens is 2. The third kappa shape index (κ3) is 3.34. The van der Waals surface area contributed by atoms with Crippen LogP contribution in [0.4, 0.5) is 17.6 Å². The highest BCUT2D eigenvalue weighted by Gasteiger charge is 2.53. The number of hydrogen-bond donors (Lipinski definition) is 1. The van der Waals surface area contributed by atoms with Crippen LogP contribution < -0.4 is 0 Å². The minimum absolute atomic E-state index is 0.0889. The Morgan fingerprint density at radius 2 is 1.65 bits per heavy atom. The number of benzene rings is 2. The van der Waals surface area contributed by atoms with Gasteiger partial charge in [0.25, 0.3) is 0 Å². The Hall–Kier alpha value is -2.72. The van der Waals surface area contributed by atoms with E-state index in [0.29, 0.717) is 11.3 Å². The Labute approximate surface area is 175 Å². The molecule has 2 heterocycles. The Kier molecular flexibility index (Phi) is 4.49. The molecule has 1 aliphatic carbocycles. The Morgan fingerprint density at radius 1 is 1.00 bits per heavy atom. The third-order valence-electron chi connectivity index (χ3n) is 5.83. The number of sulfonamides is 1. The zero-order chi connectivity index (χ0) is 22.0. The smallest absolute Gasteiger partial charge is 0.280 e. The monoisotopic (exact) mass is 451 g/mol. The first kappa shape index (κ1) is 20.2. The topological polar surface area (TPSA) is 66.1 Å². The van der Waals surface area contributed by atoms with E-state index >= 15 is 0 Å². The molecule has 0 radical (unpaired) electrons. The molecule has 31 heavy (non-hydrogen) atoms. The number of halogens is 4. The molecule has 1 aromatic heterocycles. The van der Waals surface area contributed by atoms with Gasteiger partial charge >= 0.3 is 6.18 Å². The van der Waals surface area contributed by atoms with E-state index in [1.165, 1.54) is 28.6 Å². The highest BCUT2D eigenvalue weighted by Crippen LogP contribution is 2.56. The number of H-pyrrole nitrogens is 1. The molecular formula is C21H17F4N3O2S. The highest BCUT2D eigenvalue weighted by molar-refractivity contribution is 7.89. The second kappa shape index (κ2) is 6.89. The van der Waals surface area contributed by atoms with Crippen molar-refractivity contribution in [1.29, 1.82) is 0 Å². The molecule has 5 rings (SSSR count). The van der Waals surface area contributed by atoms with Gasteiger partial charge in [0.1, 0.15) is 5.82 Å². The lowest BCUT2D eigenvalue weighted by atomic mass is 10.0. The van der Waals surface area contributed by atoms with Crippen LogP contribution in [0, 0.1) is 11.7 Å². The predicted octanol–water partition coefficient (Wildman–Crippen LogP) is 4.81. The maximum atomic E-state index is 13.7. The standard InChI is InChI=1S/C21H17F4N3O2S/c22-15-7-3-13(4-8-15)20-18-17(11-26-27-18)19(12-1-2-12)28(20)31(29,30)16-9-5-14(6-10-16)21(23,24)25/h3-12,19-20H,1-2H2,(H,26,27). The summed E-state index contributed by atoms with van der Waals surface area (Å²) in [5.74, 6) is -0.367. The maximum Gasteiger partial charge on any atom is 0.416 e. The molecule has 2 aliphatic rings. The van der Waals surface area contributed by atoms with E-state index in [4.69, 9.17) is 0 Å². The fraction of sp³-hybridized carbons (Fsp3) is 0.286. The van der Waals surface area contributed by atoms with Crippen LogP contribution in [-0.2, 0) is 16.2 Å². The van der Waals surface area contributed by atoms with Gasteiger partial charge in [-0.3, -0.25) is 5.10 Å². The van der Waals surface area contributed by atoms with Gasteiger partial charge in [-0.15, -0.1) is 0 Å². The first-order valence-corrected chi connectivity index (χ1v) is 11.1. The number of nitrogens with zero attached hydrogens (tertiary/aromatic N) is 2. The number of fused-ring (bicyclic) bond motifs is 1. The first-order chi connectivity index (χ1) is 14.7. The summed E-state index contributed by atoms with van der Waals surface area (Å²) in [5, 5.41) is 6.96. The highest BCUT2D eigenvalue weighted by atomic mass is 32.2. The fourth-order valence-corrected chi connectivity index (χ4v) is 6.06. The lowest BCUT2D eigenvalue weighted by Crippen LogP contribution is -2.35. The minimum atomic E-state index is -4.56. The zero-order valence-electron chi connectivity index (χ0n) is 16.0. The Morgan fingerprint density at radius 3 is 2.23 bits per heavy atom. The summed E-state index contributed by atoms with van der Waals surface area (Å²) in [4.78, 5) is -0.226. The average Bonchev–Trinajstić information content (AvgIpc) is 3.35. The molecule has 5 nitrogen and oxygen atoms in total. The van der Waals surface area contributed by atoms with Crippen LogP contribution in [-0.4, -0.2) is 22.9 Å². The molecule has 0 saturated heterocycles. The van der Waals surface area contributed by atoms with Gasteiger partial charge in [-0.2, -0.15) is 22.6 Å². The number of aromatic amines is 1. The van der Waals surface area contributed by atoms with E-state index in [1.807, 2.05) is 0 Å². The molecule has 0 bridgehead atoms. The van der Waals surface area contributed by atoms with Crippen molar-refractivity contribution in [3.63, 3.8) is 0 Å². The van der Waals surface area contributed by atoms with Crippen LogP contribution >= 0.6 is 0 Å². The molecule has 2 unspecified atom stereocenters. The van der Waals surface area contributed by atoms with Crippen LogP contribution in [0.1, 0.15) is 47.3 Å². The molecule has 0 spiro atoms. The number of hydrogen-bond acceptors (Lipinski definition) is 3. The summed E-state index contributed by atoms with van der Waals surface area (Å²) in [6.07, 6.45) is -1.29.